The Kier molecular flexibility index (Phi) is 3.31. The predicted octanol–water partition coefficient (Wildman–Crippen LogP) is 1.62. The third-order valence-corrected chi connectivity index (χ3v) is 2.66. The summed E-state index contributed by atoms with van der Waals surface area (Å²) >= 11 is 0. The molecule has 0 aromatic carbocycles. The van der Waals surface area contributed by atoms with Gasteiger partial charge in [-0.2, -0.15) is 0 Å². The zero-order chi connectivity index (χ0) is 9.12. The van der Waals surface area contributed by atoms with Crippen molar-refractivity contribution in [1.82, 2.24) is 0 Å². The standard InChI is InChI=1S/C7H13O3P/c1-5-7(3,4)10-11(8,9)6-2/h1H,6H2,2-4H3,(H,8,9). The minimum Gasteiger partial charge on any atom is -0.324 e. The molecule has 0 radical (unpaired) electrons. The van der Waals surface area contributed by atoms with E-state index in [0.717, 1.165) is 0 Å². The Morgan fingerprint density at radius 2 is 2.18 bits per heavy atom. The van der Waals surface area contributed by atoms with Crippen LogP contribution in [0.15, 0.2) is 0 Å². The quantitative estimate of drug-likeness (QED) is 0.525. The highest BCUT2D eigenvalue weighted by molar-refractivity contribution is 7.52. The maximum absolute atomic E-state index is 11.0. The van der Waals surface area contributed by atoms with Gasteiger partial charge in [-0.25, -0.2) is 0 Å². The molecule has 0 amide bonds. The van der Waals surface area contributed by atoms with Crippen LogP contribution < -0.4 is 0 Å². The first-order valence-corrected chi connectivity index (χ1v) is 5.09. The van der Waals surface area contributed by atoms with E-state index in [-0.39, 0.29) is 6.16 Å². The zero-order valence-corrected chi connectivity index (χ0v) is 7.89. The molecule has 4 heteroatoms. The fraction of sp³-hybridized carbons (Fsp3) is 0.714. The zero-order valence-electron chi connectivity index (χ0n) is 7.00. The summed E-state index contributed by atoms with van der Waals surface area (Å²) in [7, 11) is -3.45. The summed E-state index contributed by atoms with van der Waals surface area (Å²) in [5.74, 6) is 2.28. The normalized spacial score (nSPS) is 17.0. The van der Waals surface area contributed by atoms with E-state index in [4.69, 9.17) is 15.8 Å². The van der Waals surface area contributed by atoms with Crippen LogP contribution in [0, 0.1) is 12.3 Å². The highest BCUT2D eigenvalue weighted by Crippen LogP contribution is 2.45. The van der Waals surface area contributed by atoms with Crippen LogP contribution in [0.2, 0.25) is 0 Å². The van der Waals surface area contributed by atoms with E-state index in [1.165, 1.54) is 0 Å². The van der Waals surface area contributed by atoms with Gasteiger partial charge >= 0.3 is 7.60 Å². The van der Waals surface area contributed by atoms with Gasteiger partial charge in [0.15, 0.2) is 0 Å². The molecule has 0 heterocycles. The van der Waals surface area contributed by atoms with E-state index in [1.807, 2.05) is 0 Å². The second-order valence-electron chi connectivity index (χ2n) is 2.70. The van der Waals surface area contributed by atoms with Crippen LogP contribution in [0.3, 0.4) is 0 Å². The lowest BCUT2D eigenvalue weighted by molar-refractivity contribution is 0.148. The lowest BCUT2D eigenvalue weighted by atomic mass is 10.2. The molecular formula is C7H13O3P. The minimum absolute atomic E-state index is 0.0815. The van der Waals surface area contributed by atoms with Crippen molar-refractivity contribution in [2.24, 2.45) is 0 Å². The molecule has 0 saturated heterocycles. The Bertz CT molecular complexity index is 214. The van der Waals surface area contributed by atoms with E-state index in [0.29, 0.717) is 0 Å². The van der Waals surface area contributed by atoms with Crippen molar-refractivity contribution in [3.8, 4) is 12.3 Å². The molecule has 0 aliphatic carbocycles. The van der Waals surface area contributed by atoms with Gasteiger partial charge in [0.1, 0.15) is 5.60 Å². The van der Waals surface area contributed by atoms with Gasteiger partial charge in [-0.1, -0.05) is 12.8 Å². The minimum atomic E-state index is -3.45. The third-order valence-electron chi connectivity index (χ3n) is 1.12. The van der Waals surface area contributed by atoms with Crippen molar-refractivity contribution in [2.75, 3.05) is 6.16 Å². The first-order chi connectivity index (χ1) is 4.83. The average molecular weight is 176 g/mol. The monoisotopic (exact) mass is 176 g/mol. The van der Waals surface area contributed by atoms with Crippen molar-refractivity contribution in [1.29, 1.82) is 0 Å². The highest BCUT2D eigenvalue weighted by atomic mass is 31.2. The van der Waals surface area contributed by atoms with E-state index < -0.39 is 13.2 Å². The Balaban J connectivity index is 4.29. The number of terminal acetylenes is 1. The maximum Gasteiger partial charge on any atom is 0.329 e. The molecule has 1 atom stereocenters. The fourth-order valence-electron chi connectivity index (χ4n) is 0.448. The smallest absolute Gasteiger partial charge is 0.324 e. The number of rotatable bonds is 3. The Morgan fingerprint density at radius 1 is 1.73 bits per heavy atom. The third kappa shape index (κ3) is 4.21. The average Bonchev–Trinajstić information content (AvgIpc) is 1.86. The van der Waals surface area contributed by atoms with E-state index in [9.17, 15) is 4.57 Å². The molecule has 0 saturated carbocycles. The summed E-state index contributed by atoms with van der Waals surface area (Å²) in [5, 5.41) is 0. The summed E-state index contributed by atoms with van der Waals surface area (Å²) in [6.07, 6.45) is 5.14. The maximum atomic E-state index is 11.0. The summed E-state index contributed by atoms with van der Waals surface area (Å²) in [6.45, 7) is 4.73. The first kappa shape index (κ1) is 10.7. The van der Waals surface area contributed by atoms with Gasteiger partial charge in [0.25, 0.3) is 0 Å². The molecule has 0 aliphatic heterocycles. The number of hydrogen-bond donors (Lipinski definition) is 1. The van der Waals surface area contributed by atoms with Crippen LogP contribution in [0.25, 0.3) is 0 Å². The van der Waals surface area contributed by atoms with Gasteiger partial charge in [-0.15, -0.1) is 6.42 Å². The molecule has 1 unspecified atom stereocenters. The van der Waals surface area contributed by atoms with Gasteiger partial charge in [-0.3, -0.25) is 9.09 Å². The SMILES string of the molecule is C#CC(C)(C)OP(=O)(O)CC. The van der Waals surface area contributed by atoms with E-state index in [2.05, 4.69) is 5.92 Å². The van der Waals surface area contributed by atoms with Gasteiger partial charge in [0.2, 0.25) is 0 Å². The van der Waals surface area contributed by atoms with Crippen LogP contribution in [0.1, 0.15) is 20.8 Å². The summed E-state index contributed by atoms with van der Waals surface area (Å²) in [6, 6.07) is 0. The van der Waals surface area contributed by atoms with Crippen LogP contribution in [-0.4, -0.2) is 16.7 Å². The van der Waals surface area contributed by atoms with Crippen LogP contribution in [0.5, 0.6) is 0 Å². The first-order valence-electron chi connectivity index (χ1n) is 3.33. The van der Waals surface area contributed by atoms with Gasteiger partial charge < -0.3 is 4.89 Å². The molecule has 0 fully saturated rings. The lowest BCUT2D eigenvalue weighted by Gasteiger charge is -2.21. The summed E-state index contributed by atoms with van der Waals surface area (Å²) in [4.78, 5) is 9.03. The molecule has 0 spiro atoms. The molecule has 0 aromatic rings. The molecule has 0 rings (SSSR count). The second kappa shape index (κ2) is 3.40. The van der Waals surface area contributed by atoms with Crippen molar-refractivity contribution in [3.63, 3.8) is 0 Å². The molecule has 64 valence electrons. The van der Waals surface area contributed by atoms with E-state index >= 15 is 0 Å². The Labute approximate surface area is 67.3 Å². The molecule has 0 aromatic heterocycles. The van der Waals surface area contributed by atoms with Crippen molar-refractivity contribution in [3.05, 3.63) is 0 Å². The molecule has 11 heavy (non-hydrogen) atoms. The summed E-state index contributed by atoms with van der Waals surface area (Å²) < 4.78 is 15.8. The van der Waals surface area contributed by atoms with Crippen LogP contribution >= 0.6 is 7.60 Å². The Morgan fingerprint density at radius 3 is 2.45 bits per heavy atom. The topological polar surface area (TPSA) is 46.5 Å². The second-order valence-corrected chi connectivity index (χ2v) is 4.79. The molecule has 0 aliphatic rings. The van der Waals surface area contributed by atoms with Gasteiger partial charge in [0.05, 0.1) is 0 Å². The molecular weight excluding hydrogens is 163 g/mol. The van der Waals surface area contributed by atoms with Gasteiger partial charge in [0, 0.05) is 6.16 Å². The Hall–Kier alpha value is -0.290. The van der Waals surface area contributed by atoms with Gasteiger partial charge in [-0.05, 0) is 13.8 Å². The predicted molar refractivity (Wildman–Crippen MR) is 44.4 cm³/mol. The largest absolute Gasteiger partial charge is 0.329 e. The molecule has 3 nitrogen and oxygen atoms in total. The lowest BCUT2D eigenvalue weighted by Crippen LogP contribution is -2.20. The molecule has 1 N–H and O–H groups in total. The summed E-state index contributed by atoms with van der Waals surface area (Å²) in [5.41, 5.74) is -0.958. The van der Waals surface area contributed by atoms with Crippen LogP contribution in [0.4, 0.5) is 0 Å². The van der Waals surface area contributed by atoms with E-state index in [1.54, 1.807) is 20.8 Å². The van der Waals surface area contributed by atoms with Crippen molar-refractivity contribution >= 4 is 7.60 Å². The van der Waals surface area contributed by atoms with Crippen LogP contribution in [-0.2, 0) is 9.09 Å². The fourth-order valence-corrected chi connectivity index (χ4v) is 1.34. The highest BCUT2D eigenvalue weighted by Gasteiger charge is 2.26. The molecule has 0 bridgehead atoms. The number of hydrogen-bond acceptors (Lipinski definition) is 2. The van der Waals surface area contributed by atoms with Crippen molar-refractivity contribution in [2.45, 2.75) is 26.4 Å². The van der Waals surface area contributed by atoms with Crippen molar-refractivity contribution < 1.29 is 14.0 Å².